The number of aromatic nitrogens is 4. The quantitative estimate of drug-likeness (QED) is 0.821. The molecule has 1 N–H and O–H groups in total. The van der Waals surface area contributed by atoms with Crippen LogP contribution >= 0.6 is 22.6 Å². The standard InChI is InChI=1S/C10H8IN5O/c1-12-10(17)7-3-2-6(4-8(7)11)9-15-13-5-14-16-9/h2-5H,1H3,(H,12,17). The monoisotopic (exact) mass is 341 g/mol. The summed E-state index contributed by atoms with van der Waals surface area (Å²) >= 11 is 2.09. The normalized spacial score (nSPS) is 10.0. The van der Waals surface area contributed by atoms with Gasteiger partial charge in [-0.3, -0.25) is 4.79 Å². The third-order valence-electron chi connectivity index (χ3n) is 2.11. The third-order valence-corrected chi connectivity index (χ3v) is 3.00. The highest BCUT2D eigenvalue weighted by atomic mass is 127. The first-order valence-corrected chi connectivity index (χ1v) is 5.82. The summed E-state index contributed by atoms with van der Waals surface area (Å²) in [5.41, 5.74) is 1.40. The minimum Gasteiger partial charge on any atom is -0.355 e. The molecule has 0 unspecified atom stereocenters. The van der Waals surface area contributed by atoms with Gasteiger partial charge >= 0.3 is 0 Å². The summed E-state index contributed by atoms with van der Waals surface area (Å²) in [5.74, 6) is 0.319. The number of benzene rings is 1. The van der Waals surface area contributed by atoms with Crippen molar-refractivity contribution in [3.8, 4) is 11.4 Å². The molecule has 0 aliphatic heterocycles. The Balaban J connectivity index is 2.41. The first-order chi connectivity index (χ1) is 8.22. The number of halogens is 1. The molecule has 0 fully saturated rings. The average molecular weight is 341 g/mol. The lowest BCUT2D eigenvalue weighted by Crippen LogP contribution is -2.18. The Morgan fingerprint density at radius 2 is 2.00 bits per heavy atom. The van der Waals surface area contributed by atoms with E-state index in [1.54, 1.807) is 19.2 Å². The van der Waals surface area contributed by atoms with Crippen LogP contribution in [0.15, 0.2) is 24.5 Å². The van der Waals surface area contributed by atoms with Crippen LogP contribution in [0.4, 0.5) is 0 Å². The van der Waals surface area contributed by atoms with Crippen LogP contribution in [0.3, 0.4) is 0 Å². The highest BCUT2D eigenvalue weighted by Crippen LogP contribution is 2.20. The molecule has 0 saturated heterocycles. The molecule has 1 aromatic carbocycles. The molecular formula is C10H8IN5O. The molecule has 0 saturated carbocycles. The van der Waals surface area contributed by atoms with Crippen molar-refractivity contribution in [3.63, 3.8) is 0 Å². The summed E-state index contributed by atoms with van der Waals surface area (Å²) in [7, 11) is 1.60. The number of hydrogen-bond donors (Lipinski definition) is 1. The lowest BCUT2D eigenvalue weighted by atomic mass is 10.1. The number of carbonyl (C=O) groups excluding carboxylic acids is 1. The van der Waals surface area contributed by atoms with Crippen LogP contribution < -0.4 is 5.32 Å². The van der Waals surface area contributed by atoms with Crippen molar-refractivity contribution in [3.05, 3.63) is 33.7 Å². The van der Waals surface area contributed by atoms with Gasteiger partial charge in [-0.05, 0) is 34.7 Å². The van der Waals surface area contributed by atoms with Crippen molar-refractivity contribution in [1.29, 1.82) is 0 Å². The molecule has 7 heteroatoms. The Morgan fingerprint density at radius 1 is 1.29 bits per heavy atom. The number of nitrogens with one attached hydrogen (secondary N) is 1. The van der Waals surface area contributed by atoms with E-state index in [0.717, 1.165) is 9.13 Å². The maximum absolute atomic E-state index is 11.5. The summed E-state index contributed by atoms with van der Waals surface area (Å²) < 4.78 is 0.826. The number of rotatable bonds is 2. The molecule has 1 aromatic heterocycles. The van der Waals surface area contributed by atoms with E-state index < -0.39 is 0 Å². The predicted molar refractivity (Wildman–Crippen MR) is 69.2 cm³/mol. The molecule has 1 amide bonds. The fourth-order valence-corrected chi connectivity index (χ4v) is 2.05. The van der Waals surface area contributed by atoms with Crippen molar-refractivity contribution in [2.24, 2.45) is 0 Å². The van der Waals surface area contributed by atoms with E-state index in [1.807, 2.05) is 6.07 Å². The molecule has 0 radical (unpaired) electrons. The number of amides is 1. The maximum Gasteiger partial charge on any atom is 0.252 e. The molecule has 1 heterocycles. The van der Waals surface area contributed by atoms with Gasteiger partial charge in [-0.2, -0.15) is 0 Å². The average Bonchev–Trinajstić information content (AvgIpc) is 2.39. The van der Waals surface area contributed by atoms with Gasteiger partial charge in [0.25, 0.3) is 5.91 Å². The van der Waals surface area contributed by atoms with Crippen molar-refractivity contribution < 1.29 is 4.79 Å². The summed E-state index contributed by atoms with van der Waals surface area (Å²) in [4.78, 5) is 11.5. The molecule has 2 aromatic rings. The first kappa shape index (κ1) is 11.8. The molecule has 0 aliphatic rings. The van der Waals surface area contributed by atoms with Crippen LogP contribution in [0.5, 0.6) is 0 Å². The van der Waals surface area contributed by atoms with Gasteiger partial charge in [-0.15, -0.1) is 20.4 Å². The van der Waals surface area contributed by atoms with Crippen LogP contribution in [0.1, 0.15) is 10.4 Å². The summed E-state index contributed by atoms with van der Waals surface area (Å²) in [6.45, 7) is 0. The minimum absolute atomic E-state index is 0.119. The van der Waals surface area contributed by atoms with Gasteiger partial charge in [-0.25, -0.2) is 0 Å². The molecule has 0 bridgehead atoms. The Labute approximate surface area is 111 Å². The van der Waals surface area contributed by atoms with Crippen molar-refractivity contribution in [2.45, 2.75) is 0 Å². The SMILES string of the molecule is CNC(=O)c1ccc(-c2nncnn2)cc1I. The van der Waals surface area contributed by atoms with E-state index in [-0.39, 0.29) is 5.91 Å². The largest absolute Gasteiger partial charge is 0.355 e. The van der Waals surface area contributed by atoms with Gasteiger partial charge in [0.05, 0.1) is 5.56 Å². The van der Waals surface area contributed by atoms with Gasteiger partial charge in [-0.1, -0.05) is 6.07 Å². The Bertz CT molecular complexity index is 546. The summed E-state index contributed by atoms with van der Waals surface area (Å²) in [6.07, 6.45) is 1.27. The predicted octanol–water partition coefficient (Wildman–Crippen LogP) is 0.898. The maximum atomic E-state index is 11.5. The van der Waals surface area contributed by atoms with E-state index in [0.29, 0.717) is 11.4 Å². The zero-order valence-corrected chi connectivity index (χ0v) is 11.0. The zero-order valence-electron chi connectivity index (χ0n) is 8.88. The summed E-state index contributed by atoms with van der Waals surface area (Å²) in [5, 5.41) is 17.6. The molecule has 6 nitrogen and oxygen atoms in total. The van der Waals surface area contributed by atoms with Gasteiger partial charge in [0.2, 0.25) is 5.82 Å². The number of hydrogen-bond acceptors (Lipinski definition) is 5. The van der Waals surface area contributed by atoms with Crippen molar-refractivity contribution >= 4 is 28.5 Å². The molecule has 0 spiro atoms. The van der Waals surface area contributed by atoms with Crippen molar-refractivity contribution in [1.82, 2.24) is 25.7 Å². The van der Waals surface area contributed by atoms with Gasteiger partial charge in [0.15, 0.2) is 6.33 Å². The lowest BCUT2D eigenvalue weighted by molar-refractivity contribution is 0.0962. The second kappa shape index (κ2) is 5.13. The smallest absolute Gasteiger partial charge is 0.252 e. The number of nitrogens with zero attached hydrogens (tertiary/aromatic N) is 4. The highest BCUT2D eigenvalue weighted by molar-refractivity contribution is 14.1. The Hall–Kier alpha value is -1.64. The van der Waals surface area contributed by atoms with Crippen molar-refractivity contribution in [2.75, 3.05) is 7.05 Å². The number of carbonyl (C=O) groups is 1. The van der Waals surface area contributed by atoms with Gasteiger partial charge in [0.1, 0.15) is 0 Å². The van der Waals surface area contributed by atoms with Gasteiger partial charge < -0.3 is 5.32 Å². The molecule has 86 valence electrons. The topological polar surface area (TPSA) is 80.7 Å². The van der Waals surface area contributed by atoms with Gasteiger partial charge in [0, 0.05) is 16.2 Å². The fraction of sp³-hybridized carbons (Fsp3) is 0.100. The van der Waals surface area contributed by atoms with Crippen LogP contribution in [0.2, 0.25) is 0 Å². The van der Waals surface area contributed by atoms with E-state index >= 15 is 0 Å². The van der Waals surface area contributed by atoms with E-state index in [9.17, 15) is 4.79 Å². The van der Waals surface area contributed by atoms with Crippen LogP contribution in [0, 0.1) is 3.57 Å². The summed E-state index contributed by atoms with van der Waals surface area (Å²) in [6, 6.07) is 5.32. The third kappa shape index (κ3) is 2.54. The van der Waals surface area contributed by atoms with Crippen LogP contribution in [0.25, 0.3) is 11.4 Å². The Kier molecular flexibility index (Phi) is 3.57. The van der Waals surface area contributed by atoms with Crippen LogP contribution in [-0.2, 0) is 0 Å². The van der Waals surface area contributed by atoms with E-state index in [1.165, 1.54) is 6.33 Å². The molecule has 17 heavy (non-hydrogen) atoms. The van der Waals surface area contributed by atoms with Crippen LogP contribution in [-0.4, -0.2) is 33.3 Å². The fourth-order valence-electron chi connectivity index (χ4n) is 1.29. The highest BCUT2D eigenvalue weighted by Gasteiger charge is 2.10. The van der Waals surface area contributed by atoms with E-state index in [2.05, 4.69) is 48.3 Å². The zero-order chi connectivity index (χ0) is 12.3. The molecule has 0 aliphatic carbocycles. The minimum atomic E-state index is -0.119. The second-order valence-corrected chi connectivity index (χ2v) is 4.31. The second-order valence-electron chi connectivity index (χ2n) is 3.14. The van der Waals surface area contributed by atoms with E-state index in [4.69, 9.17) is 0 Å². The Morgan fingerprint density at radius 3 is 2.59 bits per heavy atom. The molecule has 2 rings (SSSR count). The molecule has 0 atom stereocenters. The first-order valence-electron chi connectivity index (χ1n) is 4.74. The molecular weight excluding hydrogens is 333 g/mol. The lowest BCUT2D eigenvalue weighted by Gasteiger charge is -2.04.